The first-order chi connectivity index (χ1) is 8.25. The fraction of sp³-hybridized carbons (Fsp3) is 0.167. The zero-order valence-electron chi connectivity index (χ0n) is 9.43. The molecule has 0 saturated carbocycles. The molecule has 0 spiro atoms. The number of alkyl halides is 3. The van der Waals surface area contributed by atoms with Crippen LogP contribution < -0.4 is 5.32 Å². The highest BCUT2D eigenvalue weighted by molar-refractivity contribution is 6.02. The lowest BCUT2D eigenvalue weighted by Gasteiger charge is -2.11. The quantitative estimate of drug-likeness (QED) is 0.632. The molecule has 0 atom stereocenters. The molecule has 94 valence electrons. The van der Waals surface area contributed by atoms with E-state index in [9.17, 15) is 18.0 Å². The van der Waals surface area contributed by atoms with E-state index < -0.39 is 23.3 Å². The van der Waals surface area contributed by atoms with Crippen LogP contribution in [0.4, 0.5) is 24.5 Å². The second-order valence-electron chi connectivity index (χ2n) is 3.58. The van der Waals surface area contributed by atoms with Crippen molar-refractivity contribution in [2.75, 3.05) is 5.32 Å². The Bertz CT molecular complexity index is 541. The van der Waals surface area contributed by atoms with Crippen LogP contribution >= 0.6 is 0 Å². The Balaban J connectivity index is 3.16. The SMILES string of the molecule is [C-]#[N+]c1ccc(NC(=O)C(=C)C)cc1C(F)(F)F. The van der Waals surface area contributed by atoms with Crippen LogP contribution in [0.15, 0.2) is 30.4 Å². The Labute approximate surface area is 102 Å². The number of nitrogens with zero attached hydrogens (tertiary/aromatic N) is 1. The van der Waals surface area contributed by atoms with Gasteiger partial charge in [-0.05, 0) is 19.1 Å². The molecular formula is C12H9F3N2O. The Morgan fingerprint density at radius 2 is 2.06 bits per heavy atom. The minimum absolute atomic E-state index is 0.0253. The molecule has 0 saturated heterocycles. The third-order valence-corrected chi connectivity index (χ3v) is 2.07. The number of carbonyl (C=O) groups excluding carboxylic acids is 1. The van der Waals surface area contributed by atoms with E-state index in [0.29, 0.717) is 0 Å². The number of rotatable bonds is 2. The summed E-state index contributed by atoms with van der Waals surface area (Å²) in [5, 5.41) is 2.26. The molecule has 0 aromatic heterocycles. The molecule has 0 aliphatic rings. The van der Waals surface area contributed by atoms with Crippen molar-refractivity contribution in [3.63, 3.8) is 0 Å². The summed E-state index contributed by atoms with van der Waals surface area (Å²) in [4.78, 5) is 14.1. The fourth-order valence-corrected chi connectivity index (χ4v) is 1.18. The van der Waals surface area contributed by atoms with Gasteiger partial charge in [0, 0.05) is 11.3 Å². The molecule has 1 rings (SSSR count). The minimum Gasteiger partial charge on any atom is -0.322 e. The van der Waals surface area contributed by atoms with Gasteiger partial charge in [-0.15, -0.1) is 0 Å². The van der Waals surface area contributed by atoms with Gasteiger partial charge in [-0.25, -0.2) is 4.85 Å². The third kappa shape index (κ3) is 3.10. The molecule has 6 heteroatoms. The largest absolute Gasteiger partial charge is 0.407 e. The van der Waals surface area contributed by atoms with Crippen molar-refractivity contribution < 1.29 is 18.0 Å². The van der Waals surface area contributed by atoms with Crippen molar-refractivity contribution in [1.82, 2.24) is 0 Å². The summed E-state index contributed by atoms with van der Waals surface area (Å²) in [6.45, 7) is 11.5. The van der Waals surface area contributed by atoms with E-state index in [-0.39, 0.29) is 11.3 Å². The molecule has 18 heavy (non-hydrogen) atoms. The number of hydrogen-bond acceptors (Lipinski definition) is 1. The Morgan fingerprint density at radius 3 is 2.50 bits per heavy atom. The lowest BCUT2D eigenvalue weighted by Crippen LogP contribution is -2.13. The van der Waals surface area contributed by atoms with Crippen molar-refractivity contribution in [1.29, 1.82) is 0 Å². The molecule has 0 bridgehead atoms. The zero-order valence-corrected chi connectivity index (χ0v) is 9.43. The number of halogens is 3. The van der Waals surface area contributed by atoms with Gasteiger partial charge in [0.15, 0.2) is 5.69 Å². The van der Waals surface area contributed by atoms with Gasteiger partial charge in [0.25, 0.3) is 5.91 Å². The second-order valence-corrected chi connectivity index (χ2v) is 3.58. The number of anilines is 1. The highest BCUT2D eigenvalue weighted by Gasteiger charge is 2.33. The van der Waals surface area contributed by atoms with E-state index in [2.05, 4.69) is 16.7 Å². The smallest absolute Gasteiger partial charge is 0.322 e. The van der Waals surface area contributed by atoms with Crippen molar-refractivity contribution in [3.8, 4) is 0 Å². The maximum absolute atomic E-state index is 12.6. The van der Waals surface area contributed by atoms with E-state index in [1.165, 1.54) is 13.0 Å². The molecule has 0 heterocycles. The van der Waals surface area contributed by atoms with Crippen LogP contribution in [0.1, 0.15) is 12.5 Å². The molecule has 0 unspecified atom stereocenters. The number of benzene rings is 1. The number of carbonyl (C=O) groups is 1. The molecule has 1 N–H and O–H groups in total. The standard InChI is InChI=1S/C12H9F3N2O/c1-7(2)11(18)17-8-4-5-10(16-3)9(6-8)12(13,14)15/h4-6H,1H2,2H3,(H,17,18). The van der Waals surface area contributed by atoms with Gasteiger partial charge in [-0.3, -0.25) is 4.79 Å². The van der Waals surface area contributed by atoms with E-state index in [1.54, 1.807) is 0 Å². The van der Waals surface area contributed by atoms with E-state index in [4.69, 9.17) is 6.57 Å². The highest BCUT2D eigenvalue weighted by atomic mass is 19.4. The Kier molecular flexibility index (Phi) is 3.76. The first-order valence-electron chi connectivity index (χ1n) is 4.81. The average molecular weight is 254 g/mol. The van der Waals surface area contributed by atoms with Gasteiger partial charge in [0.1, 0.15) is 0 Å². The van der Waals surface area contributed by atoms with Crippen LogP contribution in [0.2, 0.25) is 0 Å². The number of amides is 1. The van der Waals surface area contributed by atoms with E-state index >= 15 is 0 Å². The van der Waals surface area contributed by atoms with Crippen molar-refractivity contribution in [2.45, 2.75) is 13.1 Å². The molecule has 1 aromatic rings. The van der Waals surface area contributed by atoms with Crippen LogP contribution in [-0.4, -0.2) is 5.91 Å². The fourth-order valence-electron chi connectivity index (χ4n) is 1.18. The Morgan fingerprint density at radius 1 is 1.44 bits per heavy atom. The Hall–Kier alpha value is -2.29. The van der Waals surface area contributed by atoms with Crippen LogP contribution in [0.3, 0.4) is 0 Å². The second kappa shape index (κ2) is 4.92. The third-order valence-electron chi connectivity index (χ3n) is 2.07. The molecule has 0 fully saturated rings. The summed E-state index contributed by atoms with van der Waals surface area (Å²) in [5.74, 6) is -0.571. The summed E-state index contributed by atoms with van der Waals surface area (Å²) in [7, 11) is 0. The normalized spacial score (nSPS) is 10.6. The monoisotopic (exact) mass is 254 g/mol. The molecule has 0 aliphatic carbocycles. The molecule has 1 aromatic carbocycles. The van der Waals surface area contributed by atoms with Gasteiger partial charge in [0.2, 0.25) is 0 Å². The molecular weight excluding hydrogens is 245 g/mol. The van der Waals surface area contributed by atoms with Crippen LogP contribution in [0.25, 0.3) is 4.85 Å². The van der Waals surface area contributed by atoms with Crippen LogP contribution in [-0.2, 0) is 11.0 Å². The molecule has 1 amide bonds. The molecule has 0 radical (unpaired) electrons. The van der Waals surface area contributed by atoms with E-state index in [1.807, 2.05) is 0 Å². The summed E-state index contributed by atoms with van der Waals surface area (Å²) in [6.07, 6.45) is -4.64. The lowest BCUT2D eigenvalue weighted by molar-refractivity contribution is -0.136. The van der Waals surface area contributed by atoms with Crippen LogP contribution in [0, 0.1) is 6.57 Å². The first kappa shape index (κ1) is 13.8. The van der Waals surface area contributed by atoms with Gasteiger partial charge in [0.05, 0.1) is 12.1 Å². The molecule has 3 nitrogen and oxygen atoms in total. The number of hydrogen-bond donors (Lipinski definition) is 1. The topological polar surface area (TPSA) is 33.5 Å². The summed E-state index contributed by atoms with van der Waals surface area (Å²) < 4.78 is 37.9. The van der Waals surface area contributed by atoms with Gasteiger partial charge in [-0.2, -0.15) is 13.2 Å². The van der Waals surface area contributed by atoms with Crippen molar-refractivity contribution in [2.24, 2.45) is 0 Å². The summed E-state index contributed by atoms with van der Waals surface area (Å²) in [5.41, 5.74) is -1.42. The molecule has 0 aliphatic heterocycles. The average Bonchev–Trinajstić information content (AvgIpc) is 2.27. The summed E-state index contributed by atoms with van der Waals surface area (Å²) in [6, 6.07) is 2.99. The number of nitrogens with one attached hydrogen (secondary N) is 1. The van der Waals surface area contributed by atoms with Crippen molar-refractivity contribution in [3.05, 3.63) is 47.3 Å². The van der Waals surface area contributed by atoms with Gasteiger partial charge in [-0.1, -0.05) is 12.6 Å². The van der Waals surface area contributed by atoms with Crippen LogP contribution in [0.5, 0.6) is 0 Å². The van der Waals surface area contributed by atoms with E-state index in [0.717, 1.165) is 12.1 Å². The minimum atomic E-state index is -4.64. The van der Waals surface area contributed by atoms with Crippen molar-refractivity contribution >= 4 is 17.3 Å². The highest BCUT2D eigenvalue weighted by Crippen LogP contribution is 2.37. The zero-order chi connectivity index (χ0) is 13.9. The lowest BCUT2D eigenvalue weighted by atomic mass is 10.1. The first-order valence-corrected chi connectivity index (χ1v) is 4.81. The predicted molar refractivity (Wildman–Crippen MR) is 61.1 cm³/mol. The maximum atomic E-state index is 12.6. The van der Waals surface area contributed by atoms with Gasteiger partial charge >= 0.3 is 6.18 Å². The maximum Gasteiger partial charge on any atom is 0.407 e. The predicted octanol–water partition coefficient (Wildman–Crippen LogP) is 3.77. The van der Waals surface area contributed by atoms with Gasteiger partial charge < -0.3 is 5.32 Å². The summed E-state index contributed by atoms with van der Waals surface area (Å²) >= 11 is 0.